The molecule has 2 aromatic carbocycles. The predicted octanol–water partition coefficient (Wildman–Crippen LogP) is 3.81. The number of hydrogen-bond donors (Lipinski definition) is 1. The standard InChI is InChI=1S/C25H28N4O2S/c1-4-12-28(13-5-1)14-16-32-25-27-26-24(29(25)18-23-9-6-15-30-23)19-31-22-11-10-20-7-2-3-8-21(20)17-22/h2-3,6-11,15,17H,1,4-5,12-14,16,18-19H2/p+1. The van der Waals surface area contributed by atoms with Gasteiger partial charge >= 0.3 is 0 Å². The van der Waals surface area contributed by atoms with Crippen molar-refractivity contribution in [2.24, 2.45) is 0 Å². The highest BCUT2D eigenvalue weighted by Crippen LogP contribution is 2.23. The Balaban J connectivity index is 1.28. The number of piperidine rings is 1. The van der Waals surface area contributed by atoms with Gasteiger partial charge in [-0.2, -0.15) is 0 Å². The van der Waals surface area contributed by atoms with Gasteiger partial charge in [-0.05, 0) is 54.3 Å². The summed E-state index contributed by atoms with van der Waals surface area (Å²) in [5.41, 5.74) is 0. The molecule has 0 radical (unpaired) electrons. The van der Waals surface area contributed by atoms with Crippen molar-refractivity contribution >= 4 is 22.5 Å². The number of fused-ring (bicyclic) bond motifs is 1. The molecule has 0 unspecified atom stereocenters. The molecule has 7 heteroatoms. The second-order valence-corrected chi connectivity index (χ2v) is 9.33. The molecule has 1 saturated heterocycles. The van der Waals surface area contributed by atoms with E-state index in [1.54, 1.807) is 22.9 Å². The van der Waals surface area contributed by atoms with Crippen molar-refractivity contribution in [3.63, 3.8) is 0 Å². The molecule has 1 aliphatic rings. The fourth-order valence-corrected chi connectivity index (χ4v) is 5.24. The van der Waals surface area contributed by atoms with Gasteiger partial charge in [-0.25, -0.2) is 0 Å². The van der Waals surface area contributed by atoms with Crippen LogP contribution in [0.1, 0.15) is 30.8 Å². The molecule has 3 heterocycles. The minimum Gasteiger partial charge on any atom is -0.486 e. The zero-order chi connectivity index (χ0) is 21.6. The van der Waals surface area contributed by atoms with Gasteiger partial charge in [0.15, 0.2) is 11.0 Å². The molecule has 5 rings (SSSR count). The van der Waals surface area contributed by atoms with Crippen LogP contribution in [0.2, 0.25) is 0 Å². The first-order valence-electron chi connectivity index (χ1n) is 11.4. The first kappa shape index (κ1) is 21.1. The molecule has 1 N–H and O–H groups in total. The number of thioether (sulfide) groups is 1. The van der Waals surface area contributed by atoms with E-state index in [2.05, 4.69) is 39.0 Å². The van der Waals surface area contributed by atoms with E-state index in [1.165, 1.54) is 49.7 Å². The second kappa shape index (κ2) is 10.2. The van der Waals surface area contributed by atoms with Crippen molar-refractivity contribution in [3.05, 3.63) is 72.4 Å². The zero-order valence-electron chi connectivity index (χ0n) is 18.2. The van der Waals surface area contributed by atoms with E-state index in [1.807, 2.05) is 30.3 Å². The van der Waals surface area contributed by atoms with Crippen LogP contribution in [-0.2, 0) is 13.2 Å². The summed E-state index contributed by atoms with van der Waals surface area (Å²) in [6.07, 6.45) is 5.79. The largest absolute Gasteiger partial charge is 0.486 e. The van der Waals surface area contributed by atoms with E-state index >= 15 is 0 Å². The average molecular weight is 450 g/mol. The van der Waals surface area contributed by atoms with Crippen LogP contribution >= 0.6 is 11.8 Å². The topological polar surface area (TPSA) is 57.5 Å². The van der Waals surface area contributed by atoms with Crippen LogP contribution in [0.3, 0.4) is 0 Å². The normalized spacial score (nSPS) is 14.8. The van der Waals surface area contributed by atoms with Crippen molar-refractivity contribution in [1.29, 1.82) is 0 Å². The van der Waals surface area contributed by atoms with Crippen molar-refractivity contribution in [2.75, 3.05) is 25.4 Å². The molecule has 0 amide bonds. The quantitative estimate of drug-likeness (QED) is 0.394. The molecule has 1 fully saturated rings. The highest BCUT2D eigenvalue weighted by Gasteiger charge is 2.17. The highest BCUT2D eigenvalue weighted by atomic mass is 32.2. The van der Waals surface area contributed by atoms with Crippen LogP contribution in [0.25, 0.3) is 10.8 Å². The number of quaternary nitrogens is 1. The van der Waals surface area contributed by atoms with Crippen LogP contribution in [0.5, 0.6) is 5.75 Å². The van der Waals surface area contributed by atoms with Crippen molar-refractivity contribution in [3.8, 4) is 5.75 Å². The number of nitrogens with zero attached hydrogens (tertiary/aromatic N) is 3. The summed E-state index contributed by atoms with van der Waals surface area (Å²) in [4.78, 5) is 1.71. The number of ether oxygens (including phenoxy) is 1. The highest BCUT2D eigenvalue weighted by molar-refractivity contribution is 7.99. The lowest BCUT2D eigenvalue weighted by Crippen LogP contribution is -3.13. The third-order valence-electron chi connectivity index (χ3n) is 6.02. The maximum Gasteiger partial charge on any atom is 0.191 e. The minimum absolute atomic E-state index is 0.365. The van der Waals surface area contributed by atoms with Crippen molar-refractivity contribution < 1.29 is 14.1 Å². The minimum atomic E-state index is 0.365. The van der Waals surface area contributed by atoms with Crippen LogP contribution in [-0.4, -0.2) is 40.2 Å². The van der Waals surface area contributed by atoms with Gasteiger partial charge in [-0.15, -0.1) is 10.2 Å². The molecular formula is C25H29N4O2S+. The molecule has 0 spiro atoms. The Morgan fingerprint density at radius 3 is 2.69 bits per heavy atom. The van der Waals surface area contributed by atoms with Gasteiger partial charge < -0.3 is 14.1 Å². The molecule has 2 aromatic heterocycles. The Kier molecular flexibility index (Phi) is 6.75. The van der Waals surface area contributed by atoms with Crippen molar-refractivity contribution in [2.45, 2.75) is 37.6 Å². The van der Waals surface area contributed by atoms with Gasteiger partial charge in [-0.3, -0.25) is 4.57 Å². The number of nitrogens with one attached hydrogen (secondary N) is 1. The van der Waals surface area contributed by atoms with E-state index in [9.17, 15) is 0 Å². The molecule has 166 valence electrons. The van der Waals surface area contributed by atoms with Gasteiger partial charge in [-0.1, -0.05) is 42.1 Å². The second-order valence-electron chi connectivity index (χ2n) is 8.27. The first-order chi connectivity index (χ1) is 15.8. The molecule has 6 nitrogen and oxygen atoms in total. The smallest absolute Gasteiger partial charge is 0.191 e. The van der Waals surface area contributed by atoms with E-state index in [0.717, 1.165) is 28.2 Å². The van der Waals surface area contributed by atoms with Crippen molar-refractivity contribution in [1.82, 2.24) is 14.8 Å². The van der Waals surface area contributed by atoms with Crippen LogP contribution in [0.4, 0.5) is 0 Å². The lowest BCUT2D eigenvalue weighted by Gasteiger charge is -2.23. The van der Waals surface area contributed by atoms with Gasteiger partial charge in [0.2, 0.25) is 0 Å². The summed E-state index contributed by atoms with van der Waals surface area (Å²) in [6, 6.07) is 18.4. The molecule has 4 aromatic rings. The Morgan fingerprint density at radius 2 is 1.84 bits per heavy atom. The summed E-state index contributed by atoms with van der Waals surface area (Å²) < 4.78 is 13.8. The van der Waals surface area contributed by atoms with Crippen LogP contribution < -0.4 is 9.64 Å². The maximum absolute atomic E-state index is 6.11. The SMILES string of the molecule is c1coc(Cn2c(COc3ccc4ccccc4c3)nnc2SCC[NH+]2CCCCC2)c1. The summed E-state index contributed by atoms with van der Waals surface area (Å²) >= 11 is 1.78. The zero-order valence-corrected chi connectivity index (χ0v) is 19.0. The number of furan rings is 1. The van der Waals surface area contributed by atoms with Gasteiger partial charge in [0.05, 0.1) is 38.2 Å². The fourth-order valence-electron chi connectivity index (χ4n) is 4.24. The Bertz CT molecular complexity index is 1140. The molecule has 1 aliphatic heterocycles. The Labute approximate surface area is 192 Å². The lowest BCUT2D eigenvalue weighted by atomic mass is 10.1. The molecule has 32 heavy (non-hydrogen) atoms. The summed E-state index contributed by atoms with van der Waals surface area (Å²) in [5, 5.41) is 12.2. The number of rotatable bonds is 9. The first-order valence-corrected chi connectivity index (χ1v) is 12.4. The third kappa shape index (κ3) is 5.16. The van der Waals surface area contributed by atoms with Gasteiger partial charge in [0.25, 0.3) is 0 Å². The van der Waals surface area contributed by atoms with E-state index in [-0.39, 0.29) is 0 Å². The molecule has 0 saturated carbocycles. The predicted molar refractivity (Wildman–Crippen MR) is 126 cm³/mol. The lowest BCUT2D eigenvalue weighted by molar-refractivity contribution is -0.902. The Hall–Kier alpha value is -2.77. The number of hydrogen-bond acceptors (Lipinski definition) is 5. The molecule has 0 atom stereocenters. The maximum atomic E-state index is 6.11. The average Bonchev–Trinajstić information content (AvgIpc) is 3.49. The third-order valence-corrected chi connectivity index (χ3v) is 6.99. The Morgan fingerprint density at radius 1 is 0.969 bits per heavy atom. The van der Waals surface area contributed by atoms with Gasteiger partial charge in [0, 0.05) is 0 Å². The summed E-state index contributed by atoms with van der Waals surface area (Å²) in [7, 11) is 0. The molecular weight excluding hydrogens is 420 g/mol. The van der Waals surface area contributed by atoms with E-state index in [0.29, 0.717) is 13.2 Å². The summed E-state index contributed by atoms with van der Waals surface area (Å²) in [6.45, 7) is 4.73. The van der Waals surface area contributed by atoms with Crippen LogP contribution in [0, 0.1) is 0 Å². The van der Waals surface area contributed by atoms with Gasteiger partial charge in [0.1, 0.15) is 18.1 Å². The molecule has 0 bridgehead atoms. The number of benzene rings is 2. The fraction of sp³-hybridized carbons (Fsp3) is 0.360. The molecule has 0 aliphatic carbocycles. The monoisotopic (exact) mass is 449 g/mol. The number of aromatic nitrogens is 3. The summed E-state index contributed by atoms with van der Waals surface area (Å²) in [5.74, 6) is 3.57. The van der Waals surface area contributed by atoms with Crippen LogP contribution in [0.15, 0.2) is 70.4 Å². The number of likely N-dealkylation sites (tertiary alicyclic amines) is 1. The van der Waals surface area contributed by atoms with E-state index in [4.69, 9.17) is 9.15 Å². The van der Waals surface area contributed by atoms with E-state index < -0.39 is 0 Å².